The Labute approximate surface area is 269 Å². The highest BCUT2D eigenvalue weighted by Crippen LogP contribution is 2.30. The van der Waals surface area contributed by atoms with Crippen LogP contribution in [0.15, 0.2) is 85.2 Å². The lowest BCUT2D eigenvalue weighted by Gasteiger charge is -2.33. The number of piperidine rings is 1. The summed E-state index contributed by atoms with van der Waals surface area (Å²) < 4.78 is 17.9. The molecule has 4 aromatic rings. The van der Waals surface area contributed by atoms with Crippen LogP contribution in [0, 0.1) is 0 Å². The van der Waals surface area contributed by atoms with Crippen molar-refractivity contribution < 1.29 is 28.9 Å². The van der Waals surface area contributed by atoms with Gasteiger partial charge >= 0.3 is 5.97 Å². The van der Waals surface area contributed by atoms with E-state index in [9.17, 15) is 14.7 Å². The molecule has 0 radical (unpaired) electrons. The molecule has 1 saturated heterocycles. The molecule has 1 aliphatic heterocycles. The number of nitrogens with zero attached hydrogens (tertiary/aromatic N) is 3. The average molecular weight is 625 g/mol. The van der Waals surface area contributed by atoms with Gasteiger partial charge in [-0.15, -0.1) is 0 Å². The van der Waals surface area contributed by atoms with Crippen molar-refractivity contribution in [3.8, 4) is 17.2 Å². The zero-order valence-electron chi connectivity index (χ0n) is 26.4. The first-order valence-electron chi connectivity index (χ1n) is 15.5. The second-order valence-corrected chi connectivity index (χ2v) is 11.8. The van der Waals surface area contributed by atoms with Crippen molar-refractivity contribution >= 4 is 23.5 Å². The number of hydrogen-bond donors (Lipinski definition) is 2. The quantitative estimate of drug-likeness (QED) is 0.183. The molecule has 46 heavy (non-hydrogen) atoms. The molecule has 0 aliphatic carbocycles. The van der Waals surface area contributed by atoms with Crippen molar-refractivity contribution in [3.05, 3.63) is 102 Å². The lowest BCUT2D eigenvalue weighted by atomic mass is 9.84. The number of nitrogens with one attached hydrogen (secondary N) is 1. The Kier molecular flexibility index (Phi) is 10.4. The summed E-state index contributed by atoms with van der Waals surface area (Å²) >= 11 is 0. The van der Waals surface area contributed by atoms with Gasteiger partial charge in [0, 0.05) is 6.54 Å². The molecule has 0 bridgehead atoms. The van der Waals surface area contributed by atoms with Crippen molar-refractivity contribution in [2.75, 3.05) is 29.9 Å². The van der Waals surface area contributed by atoms with E-state index in [1.54, 1.807) is 26.2 Å². The number of carboxylic acids is 1. The number of carboxylic acid groups (broad SMARTS) is 1. The Hall–Kier alpha value is -5.12. The first-order chi connectivity index (χ1) is 22.2. The Morgan fingerprint density at radius 2 is 1.67 bits per heavy atom. The summed E-state index contributed by atoms with van der Waals surface area (Å²) in [6.07, 6.45) is 5.26. The van der Waals surface area contributed by atoms with Gasteiger partial charge in [-0.1, -0.05) is 48.5 Å². The van der Waals surface area contributed by atoms with Crippen LogP contribution in [0.25, 0.3) is 0 Å². The molecule has 2 heterocycles. The van der Waals surface area contributed by atoms with Gasteiger partial charge < -0.3 is 29.5 Å². The molecule has 1 atom stereocenters. The molecule has 1 unspecified atom stereocenters. The zero-order valence-corrected chi connectivity index (χ0v) is 26.4. The van der Waals surface area contributed by atoms with Gasteiger partial charge in [-0.25, -0.2) is 4.98 Å². The molecule has 10 nitrogen and oxygen atoms in total. The molecular weight excluding hydrogens is 584 g/mol. The third kappa shape index (κ3) is 8.32. The van der Waals surface area contributed by atoms with Gasteiger partial charge in [-0.05, 0) is 74.6 Å². The molecule has 2 N–H and O–H groups in total. The Balaban J connectivity index is 1.11. The number of anilines is 2. The number of carbonyl (C=O) groups is 2. The molecule has 10 heteroatoms. The van der Waals surface area contributed by atoms with Gasteiger partial charge in [0.2, 0.25) is 5.91 Å². The molecule has 240 valence electrons. The van der Waals surface area contributed by atoms with Crippen molar-refractivity contribution in [1.82, 2.24) is 9.97 Å². The molecular formula is C36H40N4O6. The number of carbonyl (C=O) groups excluding carboxylic acids is 1. The van der Waals surface area contributed by atoms with Crippen LogP contribution >= 0.6 is 0 Å². The molecule has 5 rings (SSSR count). The van der Waals surface area contributed by atoms with Gasteiger partial charge in [-0.2, -0.15) is 0 Å². The van der Waals surface area contributed by atoms with Gasteiger partial charge in [0.25, 0.3) is 0 Å². The van der Waals surface area contributed by atoms with Crippen molar-refractivity contribution in [3.63, 3.8) is 0 Å². The number of aromatic nitrogens is 2. The van der Waals surface area contributed by atoms with E-state index >= 15 is 0 Å². The second-order valence-electron chi connectivity index (χ2n) is 11.8. The molecule has 1 aliphatic rings. The van der Waals surface area contributed by atoms with Gasteiger partial charge in [0.05, 0.1) is 37.4 Å². The van der Waals surface area contributed by atoms with Crippen LogP contribution in [0.1, 0.15) is 50.3 Å². The van der Waals surface area contributed by atoms with Gasteiger partial charge in [0.15, 0.2) is 17.3 Å². The second kappa shape index (κ2) is 14.8. The minimum atomic E-state index is -0.957. The maximum Gasteiger partial charge on any atom is 0.313 e. The van der Waals surface area contributed by atoms with Crippen molar-refractivity contribution in [2.45, 2.75) is 58.2 Å². The highest BCUT2D eigenvalue weighted by Gasteiger charge is 2.29. The summed E-state index contributed by atoms with van der Waals surface area (Å²) in [4.78, 5) is 35.5. The summed E-state index contributed by atoms with van der Waals surface area (Å²) in [5.74, 6) is 2.15. The largest absolute Gasteiger partial charge is 0.490 e. The fraction of sp³-hybridized carbons (Fsp3) is 0.333. The average Bonchev–Trinajstić information content (AvgIpc) is 3.06. The van der Waals surface area contributed by atoms with Crippen molar-refractivity contribution in [1.29, 1.82) is 0 Å². The van der Waals surface area contributed by atoms with E-state index in [1.807, 2.05) is 79.7 Å². The number of aliphatic carboxylic acids is 1. The normalized spacial score (nSPS) is 14.8. The Morgan fingerprint density at radius 1 is 0.957 bits per heavy atom. The summed E-state index contributed by atoms with van der Waals surface area (Å²) in [6.45, 7) is 7.69. The van der Waals surface area contributed by atoms with Gasteiger partial charge in [-0.3, -0.25) is 14.6 Å². The van der Waals surface area contributed by atoms with E-state index < -0.39 is 11.4 Å². The summed E-state index contributed by atoms with van der Waals surface area (Å²) in [5, 5.41) is 12.3. The van der Waals surface area contributed by atoms with E-state index in [1.165, 1.54) is 0 Å². The SMILES string of the molecule is CCOc1ccccc1OC1CCCN(c2cncc(NC(=O)Cc3ccc(OCc4ccc(C(C)(C)C(=O)O)cc4)cc3)n2)C1. The smallest absolute Gasteiger partial charge is 0.313 e. The number of hydrogen-bond acceptors (Lipinski definition) is 8. The Morgan fingerprint density at radius 3 is 2.39 bits per heavy atom. The molecule has 3 aromatic carbocycles. The van der Waals surface area contributed by atoms with Crippen molar-refractivity contribution in [2.24, 2.45) is 0 Å². The third-order valence-electron chi connectivity index (χ3n) is 7.94. The van der Waals surface area contributed by atoms with Crippen LogP contribution in [0.3, 0.4) is 0 Å². The van der Waals surface area contributed by atoms with E-state index in [-0.39, 0.29) is 18.4 Å². The van der Waals surface area contributed by atoms with Crippen LogP contribution in [-0.4, -0.2) is 52.8 Å². The third-order valence-corrected chi connectivity index (χ3v) is 7.94. The highest BCUT2D eigenvalue weighted by molar-refractivity contribution is 5.91. The van der Waals surface area contributed by atoms with E-state index in [0.29, 0.717) is 37.1 Å². The molecule has 1 fully saturated rings. The first kappa shape index (κ1) is 32.3. The zero-order chi connectivity index (χ0) is 32.5. The highest BCUT2D eigenvalue weighted by atomic mass is 16.5. The fourth-order valence-electron chi connectivity index (χ4n) is 5.20. The monoisotopic (exact) mass is 624 g/mol. The lowest BCUT2D eigenvalue weighted by Crippen LogP contribution is -2.41. The standard InChI is InChI=1S/C36H40N4O6/c1-4-44-30-9-5-6-10-31(30)46-29-8-7-19-40(23-29)33-22-37-21-32(38-33)39-34(41)20-25-13-17-28(18-14-25)45-24-26-11-15-27(16-12-26)36(2,3)35(42)43/h5-6,9-18,21-22,29H,4,7-8,19-20,23-24H2,1-3H3,(H,42,43)(H,38,39,41). The Bertz CT molecular complexity index is 1620. The summed E-state index contributed by atoms with van der Waals surface area (Å²) in [5.41, 5.74) is 1.53. The minimum Gasteiger partial charge on any atom is -0.490 e. The van der Waals surface area contributed by atoms with E-state index in [2.05, 4.69) is 20.2 Å². The molecule has 1 aromatic heterocycles. The summed E-state index contributed by atoms with van der Waals surface area (Å²) in [7, 11) is 0. The van der Waals surface area contributed by atoms with Crippen LogP contribution in [0.5, 0.6) is 17.2 Å². The van der Waals surface area contributed by atoms with Crippen LogP contribution in [-0.2, 0) is 28.0 Å². The predicted molar refractivity (Wildman–Crippen MR) is 176 cm³/mol. The van der Waals surface area contributed by atoms with E-state index in [0.717, 1.165) is 47.6 Å². The number of rotatable bonds is 13. The minimum absolute atomic E-state index is 0.0286. The van der Waals surface area contributed by atoms with Crippen LogP contribution < -0.4 is 24.4 Å². The number of benzene rings is 3. The predicted octanol–water partition coefficient (Wildman–Crippen LogP) is 6.05. The number of para-hydroxylation sites is 2. The summed E-state index contributed by atoms with van der Waals surface area (Å²) in [6, 6.07) is 22.4. The number of amides is 1. The van der Waals surface area contributed by atoms with E-state index in [4.69, 9.17) is 14.2 Å². The number of ether oxygens (including phenoxy) is 3. The molecule has 1 amide bonds. The lowest BCUT2D eigenvalue weighted by molar-refractivity contribution is -0.142. The van der Waals surface area contributed by atoms with Crippen LogP contribution in [0.4, 0.5) is 11.6 Å². The fourth-order valence-corrected chi connectivity index (χ4v) is 5.20. The maximum atomic E-state index is 12.9. The molecule has 0 spiro atoms. The van der Waals surface area contributed by atoms with Gasteiger partial charge in [0.1, 0.15) is 24.3 Å². The first-order valence-corrected chi connectivity index (χ1v) is 15.5. The topological polar surface area (TPSA) is 123 Å². The van der Waals surface area contributed by atoms with Crippen LogP contribution in [0.2, 0.25) is 0 Å². The maximum absolute atomic E-state index is 12.9. The molecule has 0 saturated carbocycles.